The Hall–Kier alpha value is -3.67. The van der Waals surface area contributed by atoms with Crippen molar-refractivity contribution in [2.24, 2.45) is 0 Å². The molecule has 0 aliphatic carbocycles. The molecule has 1 atom stereocenters. The Kier molecular flexibility index (Phi) is 7.20. The molecule has 0 aliphatic rings. The maximum atomic E-state index is 14.4. The van der Waals surface area contributed by atoms with Crippen molar-refractivity contribution in [1.29, 1.82) is 0 Å². The molecule has 1 aromatic carbocycles. The zero-order valence-electron chi connectivity index (χ0n) is 19.4. The number of ether oxygens (including phenoxy) is 1. The fourth-order valence-corrected chi connectivity index (χ4v) is 4.00. The van der Waals surface area contributed by atoms with Gasteiger partial charge in [-0.15, -0.1) is 0 Å². The van der Waals surface area contributed by atoms with E-state index in [4.69, 9.17) is 4.74 Å². The lowest BCUT2D eigenvalue weighted by atomic mass is 9.97. The molecule has 3 heterocycles. The number of hydrogen-bond acceptors (Lipinski definition) is 7. The van der Waals surface area contributed by atoms with Gasteiger partial charge in [-0.3, -0.25) is 4.68 Å². The molecule has 182 valence electrons. The Balaban J connectivity index is 1.75. The fraction of sp³-hybridized carbons (Fsp3) is 0.304. The van der Waals surface area contributed by atoms with Crippen LogP contribution >= 0.6 is 15.9 Å². The van der Waals surface area contributed by atoms with Gasteiger partial charge in [0.2, 0.25) is 5.75 Å². The smallest absolute Gasteiger partial charge is 0.406 e. The van der Waals surface area contributed by atoms with Crippen LogP contribution in [0, 0.1) is 15.9 Å². The van der Waals surface area contributed by atoms with Crippen molar-refractivity contribution >= 4 is 21.7 Å². The fourth-order valence-electron chi connectivity index (χ4n) is 3.69. The van der Waals surface area contributed by atoms with Crippen molar-refractivity contribution in [3.63, 3.8) is 0 Å². The van der Waals surface area contributed by atoms with Crippen molar-refractivity contribution in [3.05, 3.63) is 80.1 Å². The van der Waals surface area contributed by atoms with Crippen LogP contribution in [0.25, 0.3) is 11.3 Å². The second-order valence-corrected chi connectivity index (χ2v) is 8.70. The second-order valence-electron chi connectivity index (χ2n) is 7.79. The maximum absolute atomic E-state index is 14.4. The largest absolute Gasteiger partial charge is 0.478 e. The zero-order chi connectivity index (χ0) is 25.1. The van der Waals surface area contributed by atoms with Crippen LogP contribution in [-0.2, 0) is 19.5 Å². The van der Waals surface area contributed by atoms with Crippen molar-refractivity contribution in [3.8, 4) is 17.0 Å². The molecule has 0 radical (unpaired) electrons. The average Bonchev–Trinajstić information content (AvgIpc) is 3.45. The lowest BCUT2D eigenvalue weighted by Crippen LogP contribution is -2.08. The minimum Gasteiger partial charge on any atom is -0.478 e. The van der Waals surface area contributed by atoms with E-state index in [0.29, 0.717) is 40.0 Å². The Morgan fingerprint density at radius 1 is 1.20 bits per heavy atom. The molecular formula is C23H23BrFN7O3. The third kappa shape index (κ3) is 5.37. The summed E-state index contributed by atoms with van der Waals surface area (Å²) in [6.45, 7) is 6.94. The van der Waals surface area contributed by atoms with E-state index in [9.17, 15) is 14.5 Å². The summed E-state index contributed by atoms with van der Waals surface area (Å²) in [4.78, 5) is 16.2. The van der Waals surface area contributed by atoms with E-state index in [-0.39, 0.29) is 5.75 Å². The van der Waals surface area contributed by atoms with E-state index in [2.05, 4.69) is 36.2 Å². The van der Waals surface area contributed by atoms with Crippen LogP contribution in [0.2, 0.25) is 0 Å². The number of benzene rings is 1. The minimum absolute atomic E-state index is 0.0310. The number of nitro groups is 1. The van der Waals surface area contributed by atoms with Gasteiger partial charge in [0.15, 0.2) is 6.20 Å². The van der Waals surface area contributed by atoms with Gasteiger partial charge in [-0.2, -0.15) is 20.1 Å². The van der Waals surface area contributed by atoms with Crippen molar-refractivity contribution in [2.45, 2.75) is 46.4 Å². The zero-order valence-corrected chi connectivity index (χ0v) is 20.9. The molecule has 4 aromatic rings. The Morgan fingerprint density at radius 3 is 2.69 bits per heavy atom. The standard InChI is InChI=1S/C23H23BrFN7O3/c1-4-30-13-15(11-27-30)8-20-22(29-31(5-2)28-20)18-7-6-17(25)10-19(18)14(3)35-21-9-16(24)12-26-23(21)32(33)34/h6-7,9-14H,4-5,8H2,1-3H3/t14-/m1/s1. The van der Waals surface area contributed by atoms with Crippen LogP contribution < -0.4 is 4.74 Å². The van der Waals surface area contributed by atoms with Gasteiger partial charge >= 0.3 is 5.82 Å². The van der Waals surface area contributed by atoms with Crippen molar-refractivity contribution < 1.29 is 14.1 Å². The summed E-state index contributed by atoms with van der Waals surface area (Å²) >= 11 is 3.26. The van der Waals surface area contributed by atoms with Gasteiger partial charge in [0.25, 0.3) is 0 Å². The Bertz CT molecular complexity index is 1370. The van der Waals surface area contributed by atoms with Gasteiger partial charge in [-0.05, 0) is 70.4 Å². The molecule has 0 N–H and O–H groups in total. The normalized spacial score (nSPS) is 12.0. The molecule has 0 saturated carbocycles. The molecular weight excluding hydrogens is 521 g/mol. The molecule has 3 aromatic heterocycles. The van der Waals surface area contributed by atoms with Gasteiger partial charge in [0, 0.05) is 36.4 Å². The van der Waals surface area contributed by atoms with Crippen LogP contribution in [0.4, 0.5) is 10.2 Å². The number of aryl methyl sites for hydroxylation is 2. The lowest BCUT2D eigenvalue weighted by Gasteiger charge is -2.18. The van der Waals surface area contributed by atoms with Crippen molar-refractivity contribution in [2.75, 3.05) is 0 Å². The van der Waals surface area contributed by atoms with Gasteiger partial charge < -0.3 is 14.9 Å². The summed E-state index contributed by atoms with van der Waals surface area (Å²) in [5.74, 6) is -0.921. The third-order valence-electron chi connectivity index (χ3n) is 5.37. The average molecular weight is 544 g/mol. The van der Waals surface area contributed by atoms with E-state index in [1.54, 1.807) is 24.0 Å². The summed E-state index contributed by atoms with van der Waals surface area (Å²) in [6.07, 6.45) is 4.79. The first-order valence-corrected chi connectivity index (χ1v) is 11.8. The first-order chi connectivity index (χ1) is 16.8. The van der Waals surface area contributed by atoms with Gasteiger partial charge in [-0.25, -0.2) is 4.39 Å². The van der Waals surface area contributed by atoms with Gasteiger partial charge in [0.1, 0.15) is 17.6 Å². The van der Waals surface area contributed by atoms with Crippen LogP contribution in [0.3, 0.4) is 0 Å². The molecule has 0 amide bonds. The number of rotatable bonds is 9. The highest BCUT2D eigenvalue weighted by Crippen LogP contribution is 2.36. The first kappa shape index (κ1) is 24.5. The van der Waals surface area contributed by atoms with Gasteiger partial charge in [0.05, 0.1) is 22.9 Å². The van der Waals surface area contributed by atoms with Crippen LogP contribution in [0.1, 0.15) is 43.7 Å². The number of hydrogen-bond donors (Lipinski definition) is 0. The number of aromatic nitrogens is 6. The maximum Gasteiger partial charge on any atom is 0.406 e. The molecule has 0 spiro atoms. The monoisotopic (exact) mass is 543 g/mol. The molecule has 35 heavy (non-hydrogen) atoms. The molecule has 0 unspecified atom stereocenters. The van der Waals surface area contributed by atoms with E-state index < -0.39 is 22.7 Å². The SMILES string of the molecule is CCn1cc(Cc2nn(CC)nc2-c2ccc(F)cc2[C@@H](C)Oc2cc(Br)cnc2[N+](=O)[O-])cn1. The first-order valence-electron chi connectivity index (χ1n) is 11.0. The van der Waals surface area contributed by atoms with Crippen LogP contribution in [-0.4, -0.2) is 34.7 Å². The molecule has 12 heteroatoms. The molecule has 0 fully saturated rings. The summed E-state index contributed by atoms with van der Waals surface area (Å²) in [5.41, 5.74) is 3.37. The summed E-state index contributed by atoms with van der Waals surface area (Å²) in [6, 6.07) is 5.78. The second kappa shape index (κ2) is 10.3. The highest BCUT2D eigenvalue weighted by atomic mass is 79.9. The Labute approximate surface area is 209 Å². The van der Waals surface area contributed by atoms with E-state index >= 15 is 0 Å². The van der Waals surface area contributed by atoms with Gasteiger partial charge in [-0.1, -0.05) is 0 Å². The molecule has 0 saturated heterocycles. The summed E-state index contributed by atoms with van der Waals surface area (Å²) in [7, 11) is 0. The third-order valence-corrected chi connectivity index (χ3v) is 5.81. The number of pyridine rings is 1. The highest BCUT2D eigenvalue weighted by Gasteiger charge is 2.25. The molecule has 10 nitrogen and oxygen atoms in total. The summed E-state index contributed by atoms with van der Waals surface area (Å²) < 4.78 is 22.6. The molecule has 0 aliphatic heterocycles. The minimum atomic E-state index is -0.752. The van der Waals surface area contributed by atoms with E-state index in [1.165, 1.54) is 24.4 Å². The predicted octanol–water partition coefficient (Wildman–Crippen LogP) is 5.12. The van der Waals surface area contributed by atoms with Crippen LogP contribution in [0.5, 0.6) is 5.75 Å². The quantitative estimate of drug-likeness (QED) is 0.212. The molecule has 0 bridgehead atoms. The highest BCUT2D eigenvalue weighted by molar-refractivity contribution is 9.10. The molecule has 4 rings (SSSR count). The number of halogens is 2. The van der Waals surface area contributed by atoms with E-state index in [0.717, 1.165) is 12.1 Å². The van der Waals surface area contributed by atoms with Crippen LogP contribution in [0.15, 0.2) is 47.3 Å². The predicted molar refractivity (Wildman–Crippen MR) is 129 cm³/mol. The topological polar surface area (TPSA) is 114 Å². The van der Waals surface area contributed by atoms with Crippen molar-refractivity contribution in [1.82, 2.24) is 29.8 Å². The Morgan fingerprint density at radius 2 is 2.00 bits per heavy atom. The van der Waals surface area contributed by atoms with E-state index in [1.807, 2.05) is 24.7 Å². The summed E-state index contributed by atoms with van der Waals surface area (Å²) in [5, 5.41) is 25.0. The lowest BCUT2D eigenvalue weighted by molar-refractivity contribution is -0.390. The number of nitrogens with zero attached hydrogens (tertiary/aromatic N) is 7.